The molecule has 1 aliphatic rings. The van der Waals surface area contributed by atoms with Crippen LogP contribution in [-0.2, 0) is 20.9 Å². The van der Waals surface area contributed by atoms with Gasteiger partial charge in [0.05, 0.1) is 18.8 Å². The van der Waals surface area contributed by atoms with E-state index in [1.807, 2.05) is 18.2 Å². The first-order valence-corrected chi connectivity index (χ1v) is 7.60. The number of rotatable bonds is 7. The summed E-state index contributed by atoms with van der Waals surface area (Å²) in [6.45, 7) is 3.82. The maximum Gasteiger partial charge on any atom is 0.245 e. The Balaban J connectivity index is 2.06. The lowest BCUT2D eigenvalue weighted by Gasteiger charge is -2.30. The summed E-state index contributed by atoms with van der Waals surface area (Å²) in [7, 11) is 1.61. The Morgan fingerprint density at radius 3 is 2.91 bits per heavy atom. The molecule has 120 valence electrons. The smallest absolute Gasteiger partial charge is 0.245 e. The SMILES string of the molecule is COCCN(Cc1ccccn1)C(=O)C(C)N1CCCC1=O. The van der Waals surface area contributed by atoms with Gasteiger partial charge in [0.2, 0.25) is 11.8 Å². The van der Waals surface area contributed by atoms with E-state index in [0.717, 1.165) is 12.1 Å². The Morgan fingerprint density at radius 1 is 1.50 bits per heavy atom. The number of ether oxygens (including phenoxy) is 1. The first-order chi connectivity index (χ1) is 10.6. The first kappa shape index (κ1) is 16.4. The molecule has 1 unspecified atom stereocenters. The molecule has 0 N–H and O–H groups in total. The van der Waals surface area contributed by atoms with E-state index in [0.29, 0.717) is 32.7 Å². The van der Waals surface area contributed by atoms with Crippen molar-refractivity contribution in [2.75, 3.05) is 26.8 Å². The molecule has 2 amide bonds. The number of likely N-dealkylation sites (tertiary alicyclic amines) is 1. The number of carbonyl (C=O) groups excluding carboxylic acids is 2. The molecule has 0 aliphatic carbocycles. The number of hydrogen-bond acceptors (Lipinski definition) is 4. The average Bonchev–Trinajstić information content (AvgIpc) is 2.97. The van der Waals surface area contributed by atoms with Gasteiger partial charge in [-0.25, -0.2) is 0 Å². The van der Waals surface area contributed by atoms with Crippen LogP contribution in [-0.4, -0.2) is 59.4 Å². The van der Waals surface area contributed by atoms with E-state index < -0.39 is 6.04 Å². The largest absolute Gasteiger partial charge is 0.383 e. The van der Waals surface area contributed by atoms with Gasteiger partial charge in [-0.05, 0) is 25.5 Å². The van der Waals surface area contributed by atoms with Crippen LogP contribution >= 0.6 is 0 Å². The summed E-state index contributed by atoms with van der Waals surface area (Å²) < 4.78 is 5.09. The summed E-state index contributed by atoms with van der Waals surface area (Å²) in [5, 5.41) is 0. The minimum absolute atomic E-state index is 0.0575. The van der Waals surface area contributed by atoms with Crippen molar-refractivity contribution in [3.63, 3.8) is 0 Å². The van der Waals surface area contributed by atoms with Crippen LogP contribution in [0.5, 0.6) is 0 Å². The molecule has 6 heteroatoms. The Kier molecular flexibility index (Phi) is 5.89. The van der Waals surface area contributed by atoms with Crippen LogP contribution in [0.4, 0.5) is 0 Å². The average molecular weight is 305 g/mol. The lowest BCUT2D eigenvalue weighted by atomic mass is 10.2. The third-order valence-electron chi connectivity index (χ3n) is 3.89. The Morgan fingerprint density at radius 2 is 2.32 bits per heavy atom. The van der Waals surface area contributed by atoms with E-state index in [4.69, 9.17) is 4.74 Å². The van der Waals surface area contributed by atoms with Crippen molar-refractivity contribution in [3.8, 4) is 0 Å². The van der Waals surface area contributed by atoms with E-state index >= 15 is 0 Å². The molecule has 1 saturated heterocycles. The van der Waals surface area contributed by atoms with Crippen LogP contribution in [0, 0.1) is 0 Å². The van der Waals surface area contributed by atoms with E-state index in [-0.39, 0.29) is 11.8 Å². The topological polar surface area (TPSA) is 62.7 Å². The van der Waals surface area contributed by atoms with Gasteiger partial charge in [-0.3, -0.25) is 14.6 Å². The molecule has 1 atom stereocenters. The van der Waals surface area contributed by atoms with Gasteiger partial charge in [0.15, 0.2) is 0 Å². The highest BCUT2D eigenvalue weighted by Gasteiger charge is 2.32. The van der Waals surface area contributed by atoms with Gasteiger partial charge in [0, 0.05) is 32.8 Å². The molecular formula is C16H23N3O3. The maximum atomic E-state index is 12.7. The van der Waals surface area contributed by atoms with Gasteiger partial charge in [-0.2, -0.15) is 0 Å². The standard InChI is InChI=1S/C16H23N3O3/c1-13(19-9-5-7-15(19)20)16(21)18(10-11-22-2)12-14-6-3-4-8-17-14/h3-4,6,8,13H,5,7,9-12H2,1-2H3. The van der Waals surface area contributed by atoms with Crippen molar-refractivity contribution in [1.82, 2.24) is 14.8 Å². The molecule has 0 bridgehead atoms. The van der Waals surface area contributed by atoms with Gasteiger partial charge in [0.25, 0.3) is 0 Å². The fourth-order valence-electron chi connectivity index (χ4n) is 2.63. The van der Waals surface area contributed by atoms with Crippen molar-refractivity contribution in [1.29, 1.82) is 0 Å². The van der Waals surface area contributed by atoms with Crippen molar-refractivity contribution in [2.45, 2.75) is 32.4 Å². The zero-order chi connectivity index (χ0) is 15.9. The van der Waals surface area contributed by atoms with E-state index in [2.05, 4.69) is 4.98 Å². The van der Waals surface area contributed by atoms with Gasteiger partial charge >= 0.3 is 0 Å². The minimum Gasteiger partial charge on any atom is -0.383 e. The molecule has 0 spiro atoms. The Bertz CT molecular complexity index is 507. The third-order valence-corrected chi connectivity index (χ3v) is 3.89. The lowest BCUT2D eigenvalue weighted by Crippen LogP contribution is -2.48. The lowest BCUT2D eigenvalue weighted by molar-refractivity contribution is -0.143. The van der Waals surface area contributed by atoms with Crippen LogP contribution in [0.1, 0.15) is 25.5 Å². The van der Waals surface area contributed by atoms with Crippen molar-refractivity contribution in [2.24, 2.45) is 0 Å². The Labute approximate surface area is 131 Å². The van der Waals surface area contributed by atoms with E-state index in [9.17, 15) is 9.59 Å². The highest BCUT2D eigenvalue weighted by Crippen LogP contribution is 2.16. The van der Waals surface area contributed by atoms with Crippen molar-refractivity contribution in [3.05, 3.63) is 30.1 Å². The molecule has 0 radical (unpaired) electrons. The second-order valence-electron chi connectivity index (χ2n) is 5.44. The molecule has 22 heavy (non-hydrogen) atoms. The van der Waals surface area contributed by atoms with Gasteiger partial charge in [-0.15, -0.1) is 0 Å². The molecule has 6 nitrogen and oxygen atoms in total. The predicted octanol–water partition coefficient (Wildman–Crippen LogP) is 1.07. The summed E-state index contributed by atoms with van der Waals surface area (Å²) in [5.41, 5.74) is 0.826. The fraction of sp³-hybridized carbons (Fsp3) is 0.562. The minimum atomic E-state index is -0.435. The number of carbonyl (C=O) groups is 2. The van der Waals surface area contributed by atoms with Gasteiger partial charge in [0.1, 0.15) is 6.04 Å². The van der Waals surface area contributed by atoms with Gasteiger partial charge in [-0.1, -0.05) is 6.07 Å². The van der Waals surface area contributed by atoms with Crippen LogP contribution in [0.25, 0.3) is 0 Å². The number of hydrogen-bond donors (Lipinski definition) is 0. The van der Waals surface area contributed by atoms with Crippen LogP contribution in [0.3, 0.4) is 0 Å². The summed E-state index contributed by atoms with van der Waals surface area (Å²) >= 11 is 0. The molecule has 1 fully saturated rings. The molecule has 1 aromatic rings. The molecule has 2 heterocycles. The van der Waals surface area contributed by atoms with E-state index in [1.54, 1.807) is 30.0 Å². The number of nitrogens with zero attached hydrogens (tertiary/aromatic N) is 3. The van der Waals surface area contributed by atoms with E-state index in [1.165, 1.54) is 0 Å². The number of methoxy groups -OCH3 is 1. The zero-order valence-corrected chi connectivity index (χ0v) is 13.2. The summed E-state index contributed by atoms with van der Waals surface area (Å²) in [5.74, 6) is 0.00308. The molecule has 2 rings (SSSR count). The number of pyridine rings is 1. The zero-order valence-electron chi connectivity index (χ0n) is 13.2. The van der Waals surface area contributed by atoms with Crippen molar-refractivity contribution >= 4 is 11.8 Å². The summed E-state index contributed by atoms with van der Waals surface area (Å²) in [4.78, 5) is 32.2. The highest BCUT2D eigenvalue weighted by atomic mass is 16.5. The van der Waals surface area contributed by atoms with Crippen LogP contribution in [0.15, 0.2) is 24.4 Å². The molecule has 0 saturated carbocycles. The van der Waals surface area contributed by atoms with Gasteiger partial charge < -0.3 is 14.5 Å². The number of amides is 2. The monoisotopic (exact) mass is 305 g/mol. The fourth-order valence-corrected chi connectivity index (χ4v) is 2.63. The highest BCUT2D eigenvalue weighted by molar-refractivity contribution is 5.88. The molecular weight excluding hydrogens is 282 g/mol. The molecule has 1 aromatic heterocycles. The number of aromatic nitrogens is 1. The third kappa shape index (κ3) is 4.04. The normalized spacial score (nSPS) is 15.9. The molecule has 0 aromatic carbocycles. The van der Waals surface area contributed by atoms with Crippen LogP contribution < -0.4 is 0 Å². The predicted molar refractivity (Wildman–Crippen MR) is 81.9 cm³/mol. The van der Waals surface area contributed by atoms with Crippen LogP contribution in [0.2, 0.25) is 0 Å². The Hall–Kier alpha value is -1.95. The summed E-state index contributed by atoms with van der Waals surface area (Å²) in [6, 6.07) is 5.19. The second kappa shape index (κ2) is 7.89. The summed E-state index contributed by atoms with van der Waals surface area (Å²) in [6.07, 6.45) is 3.08. The first-order valence-electron chi connectivity index (χ1n) is 7.60. The van der Waals surface area contributed by atoms with Crippen molar-refractivity contribution < 1.29 is 14.3 Å². The maximum absolute atomic E-state index is 12.7. The second-order valence-corrected chi connectivity index (χ2v) is 5.44. The molecule has 1 aliphatic heterocycles. The quantitative estimate of drug-likeness (QED) is 0.756.